The first-order valence-electron chi connectivity index (χ1n) is 22.3. The minimum absolute atomic E-state index is 0.0217. The van der Waals surface area contributed by atoms with Crippen LogP contribution in [-0.4, -0.2) is 194 Å². The largest absolute Gasteiger partial charge is 0.481 e. The number of hydrogen-bond acceptors (Lipinski definition) is 17. The molecule has 2 rings (SSSR count). The highest BCUT2D eigenvalue weighted by Crippen LogP contribution is 2.26. The van der Waals surface area contributed by atoms with E-state index in [4.69, 9.17) is 22.3 Å². The van der Waals surface area contributed by atoms with Crippen LogP contribution >= 0.6 is 25.3 Å². The molecule has 16 N–H and O–H groups in total. The Kier molecular flexibility index (Phi) is 25.2. The lowest BCUT2D eigenvalue weighted by molar-refractivity contribution is -0.150. The molecule has 0 aliphatic carbocycles. The Morgan fingerprint density at radius 1 is 0.681 bits per heavy atom. The van der Waals surface area contributed by atoms with E-state index in [0.717, 1.165) is 6.92 Å². The maximum Gasteiger partial charge on any atom is 0.326 e. The number of nitrogens with one attached hydrogen (secondary N) is 7. The lowest BCUT2D eigenvalue weighted by atomic mass is 10.1. The van der Waals surface area contributed by atoms with Gasteiger partial charge in [0, 0.05) is 31.0 Å². The highest BCUT2D eigenvalue weighted by molar-refractivity contribution is 7.80. The Morgan fingerprint density at radius 2 is 1.26 bits per heavy atom. The standard InChI is InChI=1S/C40H66N12O15S2/c1-19(45-34(60)23(10-11-28(43)54)47-35(61)22(7-3-4-12-41)46-33(59)21(42)17-68)32(58)44-16-29(55)50-31(20(2)53)37(63)49-25(18-69)38(64)52-14-6-9-27(52)39(65)51-13-5-8-26(51)36(62)48-24(40(66)67)15-30(56)57/h19-27,31,53,68-69H,3-18,41-42H2,1-2H3,(H2,43,54)(H,44,58)(H,45,60)(H,46,59)(H,47,61)(H,48,62)(H,49,63)(H,50,55)(H,56,57)(H,66,67)/t19-,20+,21-,22-,23-,24-,25-,26-,27-,31-/m0/s1. The van der Waals surface area contributed by atoms with E-state index in [-0.39, 0.29) is 56.7 Å². The molecule has 69 heavy (non-hydrogen) atoms. The fraction of sp³-hybridized carbons (Fsp3) is 0.700. The molecule has 0 radical (unpaired) electrons. The minimum Gasteiger partial charge on any atom is -0.481 e. The van der Waals surface area contributed by atoms with Crippen LogP contribution in [-0.2, 0) is 57.5 Å². The van der Waals surface area contributed by atoms with Gasteiger partial charge < -0.3 is 79.5 Å². The second-order valence-corrected chi connectivity index (χ2v) is 17.3. The number of carboxylic acids is 2. The number of nitrogens with two attached hydrogens (primary N) is 3. The molecule has 2 aliphatic rings. The second-order valence-electron chi connectivity index (χ2n) is 16.6. The van der Waals surface area contributed by atoms with Crippen molar-refractivity contribution >= 4 is 96.3 Å². The summed E-state index contributed by atoms with van der Waals surface area (Å²) in [6.45, 7) is 2.09. The summed E-state index contributed by atoms with van der Waals surface area (Å²) in [6.07, 6.45) is -1.01. The van der Waals surface area contributed by atoms with Crippen molar-refractivity contribution < 1.29 is 72.9 Å². The number of amides is 10. The Bertz CT molecular complexity index is 1900. The average molecular weight is 1020 g/mol. The summed E-state index contributed by atoms with van der Waals surface area (Å²) in [6, 6.07) is -12.0. The predicted octanol–water partition coefficient (Wildman–Crippen LogP) is -6.47. The van der Waals surface area contributed by atoms with Gasteiger partial charge in [0.15, 0.2) is 0 Å². The van der Waals surface area contributed by atoms with Gasteiger partial charge in [-0.3, -0.25) is 52.7 Å². The van der Waals surface area contributed by atoms with Crippen LogP contribution < -0.4 is 54.4 Å². The van der Waals surface area contributed by atoms with Crippen molar-refractivity contribution in [2.75, 3.05) is 37.7 Å². The molecule has 0 spiro atoms. The van der Waals surface area contributed by atoms with E-state index in [2.05, 4.69) is 62.5 Å². The number of aliphatic hydroxyl groups excluding tert-OH is 1. The number of thiol groups is 2. The molecule has 2 fully saturated rings. The molecule has 27 nitrogen and oxygen atoms in total. The summed E-state index contributed by atoms with van der Waals surface area (Å²) < 4.78 is 0. The monoisotopic (exact) mass is 1020 g/mol. The summed E-state index contributed by atoms with van der Waals surface area (Å²) in [7, 11) is 0. The number of hydrogen-bond donors (Lipinski definition) is 15. The zero-order valence-corrected chi connectivity index (χ0v) is 40.1. The summed E-state index contributed by atoms with van der Waals surface area (Å²) in [4.78, 5) is 156. The van der Waals surface area contributed by atoms with Crippen LogP contribution in [0.25, 0.3) is 0 Å². The van der Waals surface area contributed by atoms with Gasteiger partial charge in [-0.2, -0.15) is 25.3 Å². The lowest BCUT2D eigenvalue weighted by Crippen LogP contribution is -2.60. The van der Waals surface area contributed by atoms with Gasteiger partial charge in [0.1, 0.15) is 48.3 Å². The van der Waals surface area contributed by atoms with Gasteiger partial charge in [-0.25, -0.2) is 4.79 Å². The van der Waals surface area contributed by atoms with Crippen LogP contribution in [0, 0.1) is 0 Å². The fourth-order valence-corrected chi connectivity index (χ4v) is 7.77. The quantitative estimate of drug-likeness (QED) is 0.0245. The third-order valence-corrected chi connectivity index (χ3v) is 11.9. The summed E-state index contributed by atoms with van der Waals surface area (Å²) >= 11 is 8.18. The Labute approximate surface area is 408 Å². The Hall–Kier alpha value is -5.78. The number of primary amides is 1. The maximum atomic E-state index is 13.8. The highest BCUT2D eigenvalue weighted by Gasteiger charge is 2.44. The predicted molar refractivity (Wildman–Crippen MR) is 248 cm³/mol. The smallest absolute Gasteiger partial charge is 0.326 e. The van der Waals surface area contributed by atoms with Gasteiger partial charge in [0.05, 0.1) is 25.1 Å². The highest BCUT2D eigenvalue weighted by atomic mass is 32.1. The topological polar surface area (TPSA) is 434 Å². The summed E-state index contributed by atoms with van der Waals surface area (Å²) in [5, 5.41) is 45.3. The first-order valence-corrected chi connectivity index (χ1v) is 23.5. The number of unbranched alkanes of at least 4 members (excludes halogenated alkanes) is 1. The van der Waals surface area contributed by atoms with E-state index in [1.165, 1.54) is 16.7 Å². The summed E-state index contributed by atoms with van der Waals surface area (Å²) in [5.74, 6) is -11.8. The van der Waals surface area contributed by atoms with Crippen molar-refractivity contribution in [2.24, 2.45) is 17.2 Å². The maximum absolute atomic E-state index is 13.8. The molecule has 0 bridgehead atoms. The number of carbonyl (C=O) groups is 12. The van der Waals surface area contributed by atoms with Crippen molar-refractivity contribution in [3.63, 3.8) is 0 Å². The molecule has 2 aliphatic heterocycles. The van der Waals surface area contributed by atoms with Gasteiger partial charge in [-0.05, 0) is 71.8 Å². The van der Waals surface area contributed by atoms with Gasteiger partial charge in [0.2, 0.25) is 59.1 Å². The van der Waals surface area contributed by atoms with Crippen LogP contribution in [0.2, 0.25) is 0 Å². The molecule has 29 heteroatoms. The first kappa shape index (κ1) is 59.3. The first-order chi connectivity index (χ1) is 32.5. The van der Waals surface area contributed by atoms with E-state index in [1.807, 2.05) is 0 Å². The molecule has 10 atom stereocenters. The van der Waals surface area contributed by atoms with Crippen LogP contribution in [0.3, 0.4) is 0 Å². The zero-order chi connectivity index (χ0) is 52.1. The average Bonchev–Trinajstić information content (AvgIpc) is 4.00. The molecular formula is C40H66N12O15S2. The zero-order valence-electron chi connectivity index (χ0n) is 38.3. The van der Waals surface area contributed by atoms with Crippen molar-refractivity contribution in [3.05, 3.63) is 0 Å². The van der Waals surface area contributed by atoms with Gasteiger partial charge in [-0.15, -0.1) is 0 Å². The van der Waals surface area contributed by atoms with E-state index in [1.54, 1.807) is 0 Å². The van der Waals surface area contributed by atoms with Crippen molar-refractivity contribution in [1.29, 1.82) is 0 Å². The van der Waals surface area contributed by atoms with Crippen LogP contribution in [0.5, 0.6) is 0 Å². The molecule has 0 aromatic heterocycles. The SMILES string of the molecule is C[C@H](NC(=O)[C@H](CCC(N)=O)NC(=O)[C@H](CCCCN)NC(=O)[C@@H](N)CS)C(=O)NCC(=O)N[C@H](C(=O)N[C@@H](CS)C(=O)N1CCC[C@H]1C(=O)N1CCC[C@H]1C(=O)N[C@@H](CC(=O)O)C(=O)O)[C@@H](C)O. The Balaban J connectivity index is 2.06. The summed E-state index contributed by atoms with van der Waals surface area (Å²) in [5.41, 5.74) is 16.6. The van der Waals surface area contributed by atoms with Gasteiger partial charge in [-0.1, -0.05) is 0 Å². The van der Waals surface area contributed by atoms with Crippen molar-refractivity contribution in [2.45, 2.75) is 139 Å². The minimum atomic E-state index is -1.75. The molecule has 388 valence electrons. The molecule has 0 saturated carbocycles. The number of aliphatic hydroxyl groups is 1. The van der Waals surface area contributed by atoms with E-state index >= 15 is 0 Å². The number of aliphatic carboxylic acids is 2. The lowest BCUT2D eigenvalue weighted by Gasteiger charge is -2.33. The Morgan fingerprint density at radius 3 is 1.83 bits per heavy atom. The molecule has 0 unspecified atom stereocenters. The molecular weight excluding hydrogens is 953 g/mol. The molecule has 0 aromatic carbocycles. The molecule has 2 saturated heterocycles. The van der Waals surface area contributed by atoms with Crippen LogP contribution in [0.4, 0.5) is 0 Å². The van der Waals surface area contributed by atoms with E-state index in [9.17, 15) is 67.7 Å². The van der Waals surface area contributed by atoms with Gasteiger partial charge in [0.25, 0.3) is 0 Å². The third-order valence-electron chi connectivity index (χ3n) is 11.1. The molecule has 0 aromatic rings. The van der Waals surface area contributed by atoms with E-state index in [0.29, 0.717) is 32.2 Å². The van der Waals surface area contributed by atoms with Crippen molar-refractivity contribution in [1.82, 2.24) is 47.0 Å². The van der Waals surface area contributed by atoms with Crippen LogP contribution in [0.1, 0.15) is 78.1 Å². The number of nitrogens with zero attached hydrogens (tertiary/aromatic N) is 2. The fourth-order valence-electron chi connectivity index (χ4n) is 7.35. The number of likely N-dealkylation sites (tertiary alicyclic amines) is 2. The normalized spacial score (nSPS) is 18.9. The van der Waals surface area contributed by atoms with E-state index < -0.39 is 144 Å². The second kappa shape index (κ2) is 29.3. The van der Waals surface area contributed by atoms with Crippen molar-refractivity contribution in [3.8, 4) is 0 Å². The van der Waals surface area contributed by atoms with Crippen LogP contribution in [0.15, 0.2) is 0 Å². The number of rotatable bonds is 29. The third kappa shape index (κ3) is 18.9. The van der Waals surface area contributed by atoms with Gasteiger partial charge >= 0.3 is 11.9 Å². The molecule has 10 amide bonds. The molecule has 2 heterocycles. The number of carboxylic acid groups (broad SMARTS) is 2. The number of carbonyl (C=O) groups excluding carboxylic acids is 10.